The topological polar surface area (TPSA) is 73.6 Å². The van der Waals surface area contributed by atoms with Gasteiger partial charge in [0.25, 0.3) is 0 Å². The maximum absolute atomic E-state index is 9.48. The van der Waals surface area contributed by atoms with E-state index < -0.39 is 0 Å². The molecule has 80 valence electrons. The minimum Gasteiger partial charge on any atom is -0.506 e. The molecule has 0 radical (unpaired) electrons. The second kappa shape index (κ2) is 5.14. The van der Waals surface area contributed by atoms with Crippen molar-refractivity contribution in [2.45, 2.75) is 27.1 Å². The van der Waals surface area contributed by atoms with Crippen LogP contribution in [0.2, 0.25) is 0 Å². The summed E-state index contributed by atoms with van der Waals surface area (Å²) in [4.78, 5) is 3.96. The number of aliphatic hydroxyl groups excluding tert-OH is 2. The van der Waals surface area contributed by atoms with Gasteiger partial charge in [0.1, 0.15) is 5.75 Å². The zero-order valence-electron chi connectivity index (χ0n) is 8.11. The van der Waals surface area contributed by atoms with Crippen molar-refractivity contribution >= 4 is 12.4 Å². The fraction of sp³-hybridized carbons (Fsp3) is 0.444. The third-order valence-electron chi connectivity index (χ3n) is 2.11. The zero-order valence-corrected chi connectivity index (χ0v) is 8.93. The van der Waals surface area contributed by atoms with Crippen LogP contribution in [0.25, 0.3) is 0 Å². The summed E-state index contributed by atoms with van der Waals surface area (Å²) in [5, 5.41) is 27.4. The van der Waals surface area contributed by atoms with Gasteiger partial charge in [0, 0.05) is 11.1 Å². The van der Waals surface area contributed by atoms with E-state index in [1.54, 1.807) is 13.8 Å². The lowest BCUT2D eigenvalue weighted by atomic mass is 10.1. The van der Waals surface area contributed by atoms with Crippen molar-refractivity contribution in [2.24, 2.45) is 0 Å². The second-order valence-corrected chi connectivity index (χ2v) is 2.91. The Balaban J connectivity index is 0.00000169. The highest BCUT2D eigenvalue weighted by molar-refractivity contribution is 5.85. The van der Waals surface area contributed by atoms with E-state index in [0.717, 1.165) is 0 Å². The SMILES string of the molecule is Cc1nc(CO)c(CO)c(C)c1O.Cl. The maximum atomic E-state index is 9.48. The molecule has 0 aromatic carbocycles. The molecule has 1 rings (SSSR count). The number of rotatable bonds is 2. The number of hydrogen-bond acceptors (Lipinski definition) is 4. The Hall–Kier alpha value is -0.840. The molecule has 0 aliphatic heterocycles. The fourth-order valence-corrected chi connectivity index (χ4v) is 1.29. The van der Waals surface area contributed by atoms with E-state index in [1.165, 1.54) is 0 Å². The number of pyridine rings is 1. The van der Waals surface area contributed by atoms with Crippen LogP contribution >= 0.6 is 12.4 Å². The Labute approximate surface area is 88.6 Å². The van der Waals surface area contributed by atoms with Gasteiger partial charge in [-0.05, 0) is 13.8 Å². The van der Waals surface area contributed by atoms with Crippen LogP contribution in [0.1, 0.15) is 22.5 Å². The van der Waals surface area contributed by atoms with Crippen LogP contribution in [0.15, 0.2) is 0 Å². The van der Waals surface area contributed by atoms with Crippen molar-refractivity contribution in [2.75, 3.05) is 0 Å². The van der Waals surface area contributed by atoms with Gasteiger partial charge in [0.05, 0.1) is 24.6 Å². The first-order valence-corrected chi connectivity index (χ1v) is 4.01. The lowest BCUT2D eigenvalue weighted by molar-refractivity contribution is 0.254. The molecule has 0 saturated heterocycles. The smallest absolute Gasteiger partial charge is 0.140 e. The van der Waals surface area contributed by atoms with E-state index >= 15 is 0 Å². The molecule has 1 heterocycles. The van der Waals surface area contributed by atoms with Crippen molar-refractivity contribution in [3.63, 3.8) is 0 Å². The highest BCUT2D eigenvalue weighted by Crippen LogP contribution is 2.25. The fourth-order valence-electron chi connectivity index (χ4n) is 1.29. The largest absolute Gasteiger partial charge is 0.506 e. The van der Waals surface area contributed by atoms with E-state index in [4.69, 9.17) is 10.2 Å². The van der Waals surface area contributed by atoms with Gasteiger partial charge >= 0.3 is 0 Å². The van der Waals surface area contributed by atoms with Gasteiger partial charge in [-0.3, -0.25) is 4.98 Å². The first kappa shape index (κ1) is 13.2. The minimum atomic E-state index is -0.224. The summed E-state index contributed by atoms with van der Waals surface area (Å²) in [6.07, 6.45) is 0. The number of aliphatic hydroxyl groups is 2. The molecule has 0 aliphatic rings. The molecule has 0 amide bonds. The second-order valence-electron chi connectivity index (χ2n) is 2.91. The van der Waals surface area contributed by atoms with E-state index in [-0.39, 0.29) is 31.4 Å². The number of aryl methyl sites for hydroxylation is 1. The van der Waals surface area contributed by atoms with Gasteiger partial charge in [0.2, 0.25) is 0 Å². The Morgan fingerprint density at radius 3 is 2.14 bits per heavy atom. The minimum absolute atomic E-state index is 0. The van der Waals surface area contributed by atoms with Crippen LogP contribution in [-0.4, -0.2) is 20.3 Å². The lowest BCUT2D eigenvalue weighted by Crippen LogP contribution is -2.03. The van der Waals surface area contributed by atoms with Gasteiger partial charge in [-0.2, -0.15) is 0 Å². The third-order valence-corrected chi connectivity index (χ3v) is 2.11. The molecule has 4 nitrogen and oxygen atoms in total. The number of aromatic hydroxyl groups is 1. The monoisotopic (exact) mass is 219 g/mol. The van der Waals surface area contributed by atoms with Crippen LogP contribution in [0.5, 0.6) is 5.75 Å². The molecule has 0 saturated carbocycles. The number of aromatic nitrogens is 1. The summed E-state index contributed by atoms with van der Waals surface area (Å²) in [5.74, 6) is 0.0845. The average Bonchev–Trinajstić information content (AvgIpc) is 2.13. The molecule has 3 N–H and O–H groups in total. The van der Waals surface area contributed by atoms with Crippen molar-refractivity contribution < 1.29 is 15.3 Å². The van der Waals surface area contributed by atoms with E-state index in [1.807, 2.05) is 0 Å². The zero-order chi connectivity index (χ0) is 10.0. The van der Waals surface area contributed by atoms with E-state index in [0.29, 0.717) is 22.5 Å². The van der Waals surface area contributed by atoms with Crippen LogP contribution in [0.3, 0.4) is 0 Å². The van der Waals surface area contributed by atoms with Crippen LogP contribution in [-0.2, 0) is 13.2 Å². The van der Waals surface area contributed by atoms with Gasteiger partial charge in [-0.15, -0.1) is 12.4 Å². The van der Waals surface area contributed by atoms with Crippen molar-refractivity contribution in [3.05, 3.63) is 22.5 Å². The number of hydrogen-bond donors (Lipinski definition) is 3. The highest BCUT2D eigenvalue weighted by atomic mass is 35.5. The Morgan fingerprint density at radius 1 is 1.14 bits per heavy atom. The summed E-state index contributed by atoms with van der Waals surface area (Å²) in [5.41, 5.74) is 1.98. The molecule has 0 atom stereocenters. The lowest BCUT2D eigenvalue weighted by Gasteiger charge is -2.11. The predicted molar refractivity (Wildman–Crippen MR) is 54.5 cm³/mol. The summed E-state index contributed by atoms with van der Waals surface area (Å²) >= 11 is 0. The van der Waals surface area contributed by atoms with E-state index in [9.17, 15) is 5.11 Å². The molecular formula is C9H14ClNO3. The molecule has 5 heteroatoms. The third kappa shape index (κ3) is 2.15. The summed E-state index contributed by atoms with van der Waals surface area (Å²) < 4.78 is 0. The summed E-state index contributed by atoms with van der Waals surface area (Å²) in [7, 11) is 0. The molecular weight excluding hydrogens is 206 g/mol. The summed E-state index contributed by atoms with van der Waals surface area (Å²) in [6.45, 7) is 2.90. The highest BCUT2D eigenvalue weighted by Gasteiger charge is 2.12. The van der Waals surface area contributed by atoms with Crippen molar-refractivity contribution in [1.29, 1.82) is 0 Å². The van der Waals surface area contributed by atoms with Crippen LogP contribution < -0.4 is 0 Å². The van der Waals surface area contributed by atoms with Gasteiger partial charge in [-0.1, -0.05) is 0 Å². The first-order chi connectivity index (χ1) is 6.11. The van der Waals surface area contributed by atoms with Crippen molar-refractivity contribution in [1.82, 2.24) is 4.98 Å². The van der Waals surface area contributed by atoms with E-state index in [2.05, 4.69) is 4.98 Å². The molecule has 1 aromatic rings. The standard InChI is InChI=1S/C9H13NO3.ClH/c1-5-7(3-11)8(4-12)10-6(2)9(5)13;/h11-13H,3-4H2,1-2H3;1H. The Morgan fingerprint density at radius 2 is 1.71 bits per heavy atom. The number of nitrogens with zero attached hydrogens (tertiary/aromatic N) is 1. The average molecular weight is 220 g/mol. The quantitative estimate of drug-likeness (QED) is 0.688. The predicted octanol–water partition coefficient (Wildman–Crippen LogP) is 0.810. The van der Waals surface area contributed by atoms with Crippen LogP contribution in [0, 0.1) is 13.8 Å². The molecule has 0 bridgehead atoms. The molecule has 0 aliphatic carbocycles. The van der Waals surface area contributed by atoms with Gasteiger partial charge < -0.3 is 15.3 Å². The van der Waals surface area contributed by atoms with Gasteiger partial charge in [-0.25, -0.2) is 0 Å². The Bertz CT molecular complexity index is 328. The summed E-state index contributed by atoms with van der Waals surface area (Å²) in [6, 6.07) is 0. The molecule has 0 fully saturated rings. The molecule has 14 heavy (non-hydrogen) atoms. The maximum Gasteiger partial charge on any atom is 0.140 e. The number of halogens is 1. The van der Waals surface area contributed by atoms with Gasteiger partial charge in [0.15, 0.2) is 0 Å². The first-order valence-electron chi connectivity index (χ1n) is 4.01. The normalized spacial score (nSPS) is 9.71. The Kier molecular flexibility index (Phi) is 4.83. The molecule has 0 unspecified atom stereocenters. The molecule has 1 aromatic heterocycles. The molecule has 0 spiro atoms. The van der Waals surface area contributed by atoms with Crippen molar-refractivity contribution in [3.8, 4) is 5.75 Å². The van der Waals surface area contributed by atoms with Crippen LogP contribution in [0.4, 0.5) is 0 Å².